The Bertz CT molecular complexity index is 666. The van der Waals surface area contributed by atoms with Gasteiger partial charge in [-0.05, 0) is 18.8 Å². The number of hydrogen-bond donors (Lipinski definition) is 3. The average molecular weight is 234 g/mol. The quantitative estimate of drug-likeness (QED) is 0.682. The molecule has 2 aromatic heterocycles. The minimum absolute atomic E-state index is 0.354. The van der Waals surface area contributed by atoms with Gasteiger partial charge in [0.2, 0.25) is 0 Å². The van der Waals surface area contributed by atoms with Gasteiger partial charge in [-0.3, -0.25) is 14.8 Å². The summed E-state index contributed by atoms with van der Waals surface area (Å²) < 4.78 is 0. The summed E-state index contributed by atoms with van der Waals surface area (Å²) in [6.07, 6.45) is 3.47. The van der Waals surface area contributed by atoms with Crippen LogP contribution in [0.4, 0.5) is 0 Å². The van der Waals surface area contributed by atoms with Gasteiger partial charge in [0.25, 0.3) is 5.56 Å². The third kappa shape index (κ3) is 1.60. The maximum atomic E-state index is 11.6. The lowest BCUT2D eigenvalue weighted by molar-refractivity contribution is 0.514. The average Bonchev–Trinajstić information content (AvgIpc) is 2.83. The minimum atomic E-state index is -0.514. The Kier molecular flexibility index (Phi) is 2.17. The number of nitrogens with one attached hydrogen (secondary N) is 3. The smallest absolute Gasteiger partial charge is 0.327 e. The van der Waals surface area contributed by atoms with Gasteiger partial charge in [-0.15, -0.1) is 0 Å². The molecule has 2 unspecified atom stereocenters. The zero-order chi connectivity index (χ0) is 12.0. The van der Waals surface area contributed by atoms with Crippen molar-refractivity contribution >= 4 is 11.2 Å². The molecule has 0 bridgehead atoms. The second-order valence-electron chi connectivity index (χ2n) is 4.77. The zero-order valence-corrected chi connectivity index (χ0v) is 9.54. The van der Waals surface area contributed by atoms with Crippen LogP contribution < -0.4 is 11.2 Å². The first-order chi connectivity index (χ1) is 8.15. The summed E-state index contributed by atoms with van der Waals surface area (Å²) in [5, 5.41) is 0. The molecule has 0 aliphatic heterocycles. The molecule has 1 aliphatic rings. The summed E-state index contributed by atoms with van der Waals surface area (Å²) in [6, 6.07) is 0. The molecule has 0 saturated heterocycles. The molecular formula is C11H14N4O2. The van der Waals surface area contributed by atoms with E-state index in [9.17, 15) is 9.59 Å². The number of aromatic amines is 3. The summed E-state index contributed by atoms with van der Waals surface area (Å²) in [7, 11) is 0. The molecule has 2 heterocycles. The standard InChI is InChI=1S/C11H14N4O2/c1-5-3-2-4-6(5)8-12-7-9(13-8)14-11(17)15-10(7)16/h5-6H,2-4H2,1H3,(H3,12,13,14,15,16,17). The van der Waals surface area contributed by atoms with E-state index in [4.69, 9.17) is 0 Å². The van der Waals surface area contributed by atoms with Crippen molar-refractivity contribution in [2.24, 2.45) is 5.92 Å². The van der Waals surface area contributed by atoms with E-state index in [0.717, 1.165) is 12.2 Å². The monoisotopic (exact) mass is 234 g/mol. The van der Waals surface area contributed by atoms with Gasteiger partial charge in [-0.25, -0.2) is 9.78 Å². The molecule has 1 saturated carbocycles. The largest absolute Gasteiger partial charge is 0.336 e. The van der Waals surface area contributed by atoms with Gasteiger partial charge in [0, 0.05) is 5.92 Å². The van der Waals surface area contributed by atoms with Gasteiger partial charge in [0.15, 0.2) is 5.65 Å². The highest BCUT2D eigenvalue weighted by Gasteiger charge is 2.27. The van der Waals surface area contributed by atoms with Gasteiger partial charge in [0.05, 0.1) is 0 Å². The van der Waals surface area contributed by atoms with Crippen molar-refractivity contribution in [1.82, 2.24) is 19.9 Å². The highest BCUT2D eigenvalue weighted by Crippen LogP contribution is 2.37. The van der Waals surface area contributed by atoms with Gasteiger partial charge in [0.1, 0.15) is 11.3 Å². The number of hydrogen-bond acceptors (Lipinski definition) is 3. The molecule has 2 atom stereocenters. The van der Waals surface area contributed by atoms with Crippen LogP contribution in [-0.4, -0.2) is 19.9 Å². The van der Waals surface area contributed by atoms with Gasteiger partial charge in [-0.1, -0.05) is 13.3 Å². The van der Waals surface area contributed by atoms with Crippen molar-refractivity contribution in [3.05, 3.63) is 26.7 Å². The molecule has 17 heavy (non-hydrogen) atoms. The fourth-order valence-corrected chi connectivity index (χ4v) is 2.68. The molecule has 6 heteroatoms. The molecule has 1 fully saturated rings. The molecule has 0 amide bonds. The molecule has 1 aliphatic carbocycles. The van der Waals surface area contributed by atoms with E-state index in [1.807, 2.05) is 0 Å². The normalized spacial score (nSPS) is 24.5. The number of rotatable bonds is 1. The van der Waals surface area contributed by atoms with Crippen molar-refractivity contribution in [3.63, 3.8) is 0 Å². The van der Waals surface area contributed by atoms with Crippen molar-refractivity contribution in [2.45, 2.75) is 32.1 Å². The topological polar surface area (TPSA) is 94.4 Å². The zero-order valence-electron chi connectivity index (χ0n) is 9.54. The fraction of sp³-hybridized carbons (Fsp3) is 0.545. The fourth-order valence-electron chi connectivity index (χ4n) is 2.68. The second-order valence-corrected chi connectivity index (χ2v) is 4.77. The Morgan fingerprint density at radius 2 is 2.00 bits per heavy atom. The van der Waals surface area contributed by atoms with Gasteiger partial charge >= 0.3 is 5.69 Å². The number of H-pyrrole nitrogens is 3. The molecule has 0 spiro atoms. The van der Waals surface area contributed by atoms with Crippen molar-refractivity contribution in [2.75, 3.05) is 0 Å². The van der Waals surface area contributed by atoms with E-state index < -0.39 is 11.2 Å². The van der Waals surface area contributed by atoms with Crippen LogP contribution in [-0.2, 0) is 0 Å². The molecule has 6 nitrogen and oxygen atoms in total. The molecule has 3 rings (SSSR count). The first kappa shape index (κ1) is 10.3. The SMILES string of the molecule is CC1CCCC1c1nc2[nH]c(=O)[nH]c(=O)c2[nH]1. The Morgan fingerprint density at radius 1 is 1.18 bits per heavy atom. The first-order valence-corrected chi connectivity index (χ1v) is 5.87. The molecule has 0 radical (unpaired) electrons. The second kappa shape index (κ2) is 3.58. The van der Waals surface area contributed by atoms with E-state index in [1.165, 1.54) is 12.8 Å². The number of imidazole rings is 1. The highest BCUT2D eigenvalue weighted by atomic mass is 16.2. The van der Waals surface area contributed by atoms with Gasteiger partial charge < -0.3 is 4.98 Å². The molecule has 3 N–H and O–H groups in total. The highest BCUT2D eigenvalue weighted by molar-refractivity contribution is 5.68. The van der Waals surface area contributed by atoms with E-state index in [-0.39, 0.29) is 0 Å². The van der Waals surface area contributed by atoms with Crippen molar-refractivity contribution < 1.29 is 0 Å². The Labute approximate surface area is 96.5 Å². The van der Waals surface area contributed by atoms with Crippen LogP contribution in [0.2, 0.25) is 0 Å². The third-order valence-corrected chi connectivity index (χ3v) is 3.62. The third-order valence-electron chi connectivity index (χ3n) is 3.62. The molecule has 0 aromatic carbocycles. The number of nitrogens with zero attached hydrogens (tertiary/aromatic N) is 1. The maximum absolute atomic E-state index is 11.6. The molecule has 2 aromatic rings. The van der Waals surface area contributed by atoms with Crippen LogP contribution in [0.5, 0.6) is 0 Å². The summed E-state index contributed by atoms with van der Waals surface area (Å²) in [5.41, 5.74) is -0.209. The van der Waals surface area contributed by atoms with Crippen LogP contribution in [0.3, 0.4) is 0 Å². The number of fused-ring (bicyclic) bond motifs is 1. The predicted molar refractivity (Wildman–Crippen MR) is 63.1 cm³/mol. The maximum Gasteiger partial charge on any atom is 0.327 e. The van der Waals surface area contributed by atoms with Gasteiger partial charge in [-0.2, -0.15) is 0 Å². The van der Waals surface area contributed by atoms with Crippen LogP contribution in [0.15, 0.2) is 9.59 Å². The van der Waals surface area contributed by atoms with Crippen molar-refractivity contribution in [3.8, 4) is 0 Å². The van der Waals surface area contributed by atoms with Crippen LogP contribution in [0, 0.1) is 5.92 Å². The van der Waals surface area contributed by atoms with Crippen LogP contribution >= 0.6 is 0 Å². The van der Waals surface area contributed by atoms with E-state index in [1.54, 1.807) is 0 Å². The van der Waals surface area contributed by atoms with E-state index >= 15 is 0 Å². The Hall–Kier alpha value is -1.85. The Balaban J connectivity index is 2.16. The molecular weight excluding hydrogens is 220 g/mol. The summed E-state index contributed by atoms with van der Waals surface area (Å²) >= 11 is 0. The predicted octanol–water partition coefficient (Wildman–Crippen LogP) is 0.843. The van der Waals surface area contributed by atoms with E-state index in [2.05, 4.69) is 26.9 Å². The van der Waals surface area contributed by atoms with Crippen LogP contribution in [0.25, 0.3) is 11.2 Å². The number of aromatic nitrogens is 4. The lowest BCUT2D eigenvalue weighted by Gasteiger charge is -2.11. The summed E-state index contributed by atoms with van der Waals surface area (Å²) in [5.74, 6) is 1.75. The first-order valence-electron chi connectivity index (χ1n) is 5.87. The Morgan fingerprint density at radius 3 is 2.71 bits per heavy atom. The minimum Gasteiger partial charge on any atom is -0.336 e. The lowest BCUT2D eigenvalue weighted by Crippen LogP contribution is -2.21. The lowest BCUT2D eigenvalue weighted by atomic mass is 9.98. The summed E-state index contributed by atoms with van der Waals surface area (Å²) in [4.78, 5) is 34.8. The van der Waals surface area contributed by atoms with Crippen molar-refractivity contribution in [1.29, 1.82) is 0 Å². The van der Waals surface area contributed by atoms with E-state index in [0.29, 0.717) is 23.0 Å². The summed E-state index contributed by atoms with van der Waals surface area (Å²) in [6.45, 7) is 2.19. The van der Waals surface area contributed by atoms with Crippen LogP contribution in [0.1, 0.15) is 37.9 Å². The molecule has 90 valence electrons.